The molecule has 0 aromatic rings. The summed E-state index contributed by atoms with van der Waals surface area (Å²) < 4.78 is 6.71. The molecule has 0 aromatic carbocycles. The number of aliphatic hydroxyl groups excluding tert-OH is 1. The number of hydrogen-bond acceptors (Lipinski definition) is 2. The van der Waals surface area contributed by atoms with Crippen LogP contribution in [0.3, 0.4) is 0 Å². The fourth-order valence-corrected chi connectivity index (χ4v) is 12.0. The van der Waals surface area contributed by atoms with Crippen LogP contribution in [0.5, 0.6) is 0 Å². The summed E-state index contributed by atoms with van der Waals surface area (Å²) in [5.74, 6) is 3.11. The van der Waals surface area contributed by atoms with E-state index in [9.17, 15) is 5.11 Å². The van der Waals surface area contributed by atoms with Gasteiger partial charge in [0.05, 0.1) is 18.8 Å². The first kappa shape index (κ1) is 22.4. The van der Waals surface area contributed by atoms with Crippen molar-refractivity contribution in [3.8, 4) is 0 Å². The van der Waals surface area contributed by atoms with Crippen LogP contribution in [0.2, 0.25) is 0 Å². The molecule has 1 aliphatic heterocycles. The fraction of sp³-hybridized carbons (Fsp3) is 1.00. The van der Waals surface area contributed by atoms with E-state index in [2.05, 4.69) is 48.5 Å². The minimum Gasteiger partial charge on any atom is -0.393 e. The topological polar surface area (TPSA) is 29.5 Å². The molecule has 6 aliphatic rings. The predicted octanol–water partition coefficient (Wildman–Crippen LogP) is 7.24. The number of rotatable bonds is 0. The average molecular weight is 443 g/mol. The zero-order chi connectivity index (χ0) is 22.9. The number of hydrogen-bond donors (Lipinski definition) is 1. The first-order valence-electron chi connectivity index (χ1n) is 14.1. The zero-order valence-electron chi connectivity index (χ0n) is 22.1. The highest BCUT2D eigenvalue weighted by Crippen LogP contribution is 2.78. The van der Waals surface area contributed by atoms with Crippen LogP contribution in [0.4, 0.5) is 0 Å². The normalized spacial score (nSPS) is 60.0. The Bertz CT molecular complexity index is 801. The number of fused-ring (bicyclic) bond motifs is 5. The monoisotopic (exact) mass is 442 g/mol. The Hall–Kier alpha value is -0.0800. The Balaban J connectivity index is 1.39. The maximum Gasteiger partial charge on any atom is 0.0663 e. The molecule has 5 aliphatic carbocycles. The minimum atomic E-state index is -0.122. The van der Waals surface area contributed by atoms with Crippen LogP contribution in [-0.2, 0) is 4.74 Å². The van der Waals surface area contributed by atoms with Gasteiger partial charge in [0, 0.05) is 0 Å². The summed E-state index contributed by atoms with van der Waals surface area (Å²) in [6.45, 7) is 18.9. The maximum absolute atomic E-state index is 10.9. The highest BCUT2D eigenvalue weighted by molar-refractivity contribution is 5.21. The van der Waals surface area contributed by atoms with Crippen molar-refractivity contribution >= 4 is 0 Å². The van der Waals surface area contributed by atoms with E-state index in [1.54, 1.807) is 0 Å². The Labute approximate surface area is 197 Å². The van der Waals surface area contributed by atoms with E-state index in [0.29, 0.717) is 39.1 Å². The van der Waals surface area contributed by atoms with Crippen molar-refractivity contribution in [1.29, 1.82) is 0 Å². The lowest BCUT2D eigenvalue weighted by molar-refractivity contribution is -0.252. The average Bonchev–Trinajstić information content (AvgIpc) is 3.05. The first-order chi connectivity index (χ1) is 14.8. The number of aliphatic hydroxyl groups is 1. The van der Waals surface area contributed by atoms with E-state index in [1.807, 2.05) is 0 Å². The van der Waals surface area contributed by atoms with Crippen LogP contribution in [0, 0.1) is 56.2 Å². The molecule has 0 aromatic heterocycles. The third-order valence-electron chi connectivity index (χ3n) is 14.1. The van der Waals surface area contributed by atoms with Crippen LogP contribution < -0.4 is 0 Å². The standard InChI is InChI=1S/C30H50O2/c1-25(2)14-16-30-17-15-28(6)19(23(30)24(25)32-18-30)8-9-21-27(5)12-11-22(31)26(3,4)20(27)10-13-29(21,28)7/h19-24,31H,8-18H2,1-7H3/t19-,20+,21+,22-,23-,24+,27-,28+,29+,30+/m0/s1. The van der Waals surface area contributed by atoms with Gasteiger partial charge in [0.25, 0.3) is 0 Å². The van der Waals surface area contributed by atoms with Crippen LogP contribution in [-0.4, -0.2) is 23.9 Å². The van der Waals surface area contributed by atoms with Gasteiger partial charge in [-0.3, -0.25) is 0 Å². The molecule has 32 heavy (non-hydrogen) atoms. The molecule has 6 fully saturated rings. The summed E-state index contributed by atoms with van der Waals surface area (Å²) in [7, 11) is 0. The molecule has 0 spiro atoms. The summed E-state index contributed by atoms with van der Waals surface area (Å²) in [6.07, 6.45) is 13.7. The SMILES string of the molecule is CC1(C)CC[C@]23CC[C@]4(C)[C@@H](CC[C@@H]5[C@@]6(C)CC[C@H](O)C(C)(C)[C@H]6CC[C@]54C)[C@H]2[C@H]1OC3. The molecule has 0 amide bonds. The third kappa shape index (κ3) is 2.41. The molecule has 1 heterocycles. The third-order valence-corrected chi connectivity index (χ3v) is 14.1. The second-order valence-corrected chi connectivity index (χ2v) is 15.7. The van der Waals surface area contributed by atoms with Crippen molar-refractivity contribution in [2.45, 2.75) is 125 Å². The Morgan fingerprint density at radius 1 is 0.688 bits per heavy atom. The highest BCUT2D eigenvalue weighted by Gasteiger charge is 2.72. The lowest BCUT2D eigenvalue weighted by Gasteiger charge is -2.73. The van der Waals surface area contributed by atoms with Gasteiger partial charge in [0.1, 0.15) is 0 Å². The minimum absolute atomic E-state index is 0.0586. The summed E-state index contributed by atoms with van der Waals surface area (Å²) in [5.41, 5.74) is 2.16. The van der Waals surface area contributed by atoms with Crippen molar-refractivity contribution < 1.29 is 9.84 Å². The lowest BCUT2D eigenvalue weighted by Crippen LogP contribution is -2.67. The van der Waals surface area contributed by atoms with Crippen LogP contribution in [0.1, 0.15) is 113 Å². The molecule has 1 saturated heterocycles. The van der Waals surface area contributed by atoms with Crippen LogP contribution in [0.25, 0.3) is 0 Å². The van der Waals surface area contributed by atoms with Gasteiger partial charge in [-0.25, -0.2) is 0 Å². The van der Waals surface area contributed by atoms with E-state index in [4.69, 9.17) is 4.74 Å². The molecule has 182 valence electrons. The molecule has 2 nitrogen and oxygen atoms in total. The van der Waals surface area contributed by atoms with E-state index in [-0.39, 0.29) is 11.5 Å². The second kappa shape index (κ2) is 6.37. The van der Waals surface area contributed by atoms with Gasteiger partial charge < -0.3 is 9.84 Å². The van der Waals surface area contributed by atoms with Crippen molar-refractivity contribution in [2.24, 2.45) is 56.2 Å². The Morgan fingerprint density at radius 2 is 1.41 bits per heavy atom. The molecule has 0 radical (unpaired) electrons. The lowest BCUT2D eigenvalue weighted by atomic mass is 9.31. The summed E-state index contributed by atoms with van der Waals surface area (Å²) in [4.78, 5) is 0. The van der Waals surface area contributed by atoms with Gasteiger partial charge in [0.2, 0.25) is 0 Å². The summed E-state index contributed by atoms with van der Waals surface area (Å²) in [6, 6.07) is 0. The Morgan fingerprint density at radius 3 is 2.16 bits per heavy atom. The first-order valence-corrected chi connectivity index (χ1v) is 14.1. The van der Waals surface area contributed by atoms with E-state index in [0.717, 1.165) is 30.8 Å². The molecule has 6 rings (SSSR count). The molecule has 10 atom stereocenters. The van der Waals surface area contributed by atoms with Crippen molar-refractivity contribution in [2.75, 3.05) is 6.61 Å². The summed E-state index contributed by atoms with van der Waals surface area (Å²) in [5, 5.41) is 10.9. The van der Waals surface area contributed by atoms with Crippen LogP contribution >= 0.6 is 0 Å². The maximum atomic E-state index is 10.9. The molecule has 5 saturated carbocycles. The summed E-state index contributed by atoms with van der Waals surface area (Å²) >= 11 is 0. The second-order valence-electron chi connectivity index (χ2n) is 15.7. The van der Waals surface area contributed by atoms with Gasteiger partial charge >= 0.3 is 0 Å². The van der Waals surface area contributed by atoms with E-state index >= 15 is 0 Å². The van der Waals surface area contributed by atoms with Gasteiger partial charge in [0.15, 0.2) is 0 Å². The van der Waals surface area contributed by atoms with Crippen molar-refractivity contribution in [1.82, 2.24) is 0 Å². The van der Waals surface area contributed by atoms with Crippen molar-refractivity contribution in [3.05, 3.63) is 0 Å². The predicted molar refractivity (Wildman–Crippen MR) is 130 cm³/mol. The van der Waals surface area contributed by atoms with Gasteiger partial charge in [-0.15, -0.1) is 0 Å². The Kier molecular flexibility index (Phi) is 4.46. The molecule has 0 unspecified atom stereocenters. The van der Waals surface area contributed by atoms with E-state index < -0.39 is 0 Å². The smallest absolute Gasteiger partial charge is 0.0663 e. The van der Waals surface area contributed by atoms with Crippen LogP contribution in [0.15, 0.2) is 0 Å². The van der Waals surface area contributed by atoms with Gasteiger partial charge in [-0.2, -0.15) is 0 Å². The highest BCUT2D eigenvalue weighted by atomic mass is 16.5. The molecule has 1 N–H and O–H groups in total. The molecule has 2 heteroatoms. The zero-order valence-corrected chi connectivity index (χ0v) is 22.1. The quantitative estimate of drug-likeness (QED) is 0.428. The largest absolute Gasteiger partial charge is 0.393 e. The fourth-order valence-electron chi connectivity index (χ4n) is 12.0. The van der Waals surface area contributed by atoms with Gasteiger partial charge in [-0.1, -0.05) is 48.5 Å². The van der Waals surface area contributed by atoms with Gasteiger partial charge in [-0.05, 0) is 120 Å². The number of ether oxygens (including phenoxy) is 1. The molecular weight excluding hydrogens is 392 g/mol. The van der Waals surface area contributed by atoms with Crippen molar-refractivity contribution in [3.63, 3.8) is 0 Å². The molecular formula is C30H50O2. The molecule has 2 bridgehead atoms. The van der Waals surface area contributed by atoms with E-state index in [1.165, 1.54) is 57.8 Å².